The number of pyridine rings is 1. The zero-order valence-electron chi connectivity index (χ0n) is 15.3. The van der Waals surface area contributed by atoms with E-state index in [0.717, 1.165) is 69.7 Å². The second-order valence-corrected chi connectivity index (χ2v) is 6.36. The Kier molecular flexibility index (Phi) is 6.04. The lowest BCUT2D eigenvalue weighted by atomic mass is 10.3. The first-order valence-electron chi connectivity index (χ1n) is 9.30. The molecule has 0 bridgehead atoms. The smallest absolute Gasteiger partial charge is 0.227 e. The van der Waals surface area contributed by atoms with Gasteiger partial charge in [0.05, 0.1) is 0 Å². The van der Waals surface area contributed by atoms with Crippen molar-refractivity contribution in [2.24, 2.45) is 0 Å². The monoisotopic (exact) mass is 340 g/mol. The first kappa shape index (κ1) is 17.5. The van der Waals surface area contributed by atoms with E-state index in [0.29, 0.717) is 0 Å². The van der Waals surface area contributed by atoms with Crippen LogP contribution in [0, 0.1) is 0 Å². The summed E-state index contributed by atoms with van der Waals surface area (Å²) in [5.41, 5.74) is 0. The Bertz CT molecular complexity index is 633. The highest BCUT2D eigenvalue weighted by molar-refractivity contribution is 5.46. The first-order valence-corrected chi connectivity index (χ1v) is 9.30. The van der Waals surface area contributed by atoms with Gasteiger partial charge in [0, 0.05) is 51.7 Å². The Balaban J connectivity index is 1.66. The van der Waals surface area contributed by atoms with Crippen LogP contribution in [-0.4, -0.2) is 54.2 Å². The van der Waals surface area contributed by atoms with Gasteiger partial charge in [0.1, 0.15) is 11.6 Å². The van der Waals surface area contributed by atoms with Crippen LogP contribution in [0.25, 0.3) is 0 Å². The van der Waals surface area contributed by atoms with E-state index in [2.05, 4.69) is 44.6 Å². The molecule has 3 heterocycles. The SMILES string of the molecule is CCCN(CCC)c1ccnc(N2CCN(c3ccccn3)CC2)n1. The summed E-state index contributed by atoms with van der Waals surface area (Å²) in [5.74, 6) is 2.94. The van der Waals surface area contributed by atoms with Gasteiger partial charge in [0.2, 0.25) is 5.95 Å². The summed E-state index contributed by atoms with van der Waals surface area (Å²) in [7, 11) is 0. The summed E-state index contributed by atoms with van der Waals surface area (Å²) in [6.45, 7) is 10.2. The van der Waals surface area contributed by atoms with Gasteiger partial charge in [-0.15, -0.1) is 0 Å². The van der Waals surface area contributed by atoms with Crippen molar-refractivity contribution in [3.8, 4) is 0 Å². The zero-order chi connectivity index (χ0) is 17.5. The predicted molar refractivity (Wildman–Crippen MR) is 103 cm³/mol. The van der Waals surface area contributed by atoms with Crippen molar-refractivity contribution < 1.29 is 0 Å². The highest BCUT2D eigenvalue weighted by Crippen LogP contribution is 2.19. The summed E-state index contributed by atoms with van der Waals surface area (Å²) < 4.78 is 0. The molecule has 1 aliphatic rings. The summed E-state index contributed by atoms with van der Waals surface area (Å²) in [5, 5.41) is 0. The van der Waals surface area contributed by atoms with Gasteiger partial charge in [-0.05, 0) is 31.0 Å². The Morgan fingerprint density at radius 2 is 1.60 bits per heavy atom. The molecule has 1 saturated heterocycles. The molecule has 6 heteroatoms. The molecule has 0 atom stereocenters. The average Bonchev–Trinajstić information content (AvgIpc) is 2.69. The lowest BCUT2D eigenvalue weighted by Gasteiger charge is -2.35. The van der Waals surface area contributed by atoms with Crippen molar-refractivity contribution >= 4 is 17.6 Å². The highest BCUT2D eigenvalue weighted by Gasteiger charge is 2.20. The standard InChI is InChI=1S/C19H28N6/c1-3-11-23(12-4-2)18-8-10-21-19(22-18)25-15-13-24(14-16-25)17-7-5-6-9-20-17/h5-10H,3-4,11-16H2,1-2H3. The molecule has 0 aliphatic carbocycles. The molecule has 0 amide bonds. The largest absolute Gasteiger partial charge is 0.356 e. The van der Waals surface area contributed by atoms with Crippen LogP contribution >= 0.6 is 0 Å². The molecule has 3 rings (SSSR count). The van der Waals surface area contributed by atoms with E-state index in [1.807, 2.05) is 30.6 Å². The second-order valence-electron chi connectivity index (χ2n) is 6.36. The average molecular weight is 340 g/mol. The molecule has 2 aromatic heterocycles. The van der Waals surface area contributed by atoms with Gasteiger partial charge in [-0.1, -0.05) is 19.9 Å². The number of anilines is 3. The van der Waals surface area contributed by atoms with Crippen LogP contribution < -0.4 is 14.7 Å². The van der Waals surface area contributed by atoms with Crippen molar-refractivity contribution in [3.63, 3.8) is 0 Å². The minimum atomic E-state index is 0.843. The van der Waals surface area contributed by atoms with Crippen molar-refractivity contribution in [2.75, 3.05) is 54.0 Å². The number of piperazine rings is 1. The van der Waals surface area contributed by atoms with Crippen LogP contribution in [0.2, 0.25) is 0 Å². The lowest BCUT2D eigenvalue weighted by Crippen LogP contribution is -2.47. The van der Waals surface area contributed by atoms with Gasteiger partial charge in [-0.3, -0.25) is 0 Å². The third kappa shape index (κ3) is 4.38. The van der Waals surface area contributed by atoms with Crippen molar-refractivity contribution in [1.82, 2.24) is 15.0 Å². The van der Waals surface area contributed by atoms with Crippen LogP contribution in [0.1, 0.15) is 26.7 Å². The topological polar surface area (TPSA) is 48.4 Å². The minimum absolute atomic E-state index is 0.843. The lowest BCUT2D eigenvalue weighted by molar-refractivity contribution is 0.633. The summed E-state index contributed by atoms with van der Waals surface area (Å²) in [6.07, 6.45) is 6.00. The van der Waals surface area contributed by atoms with E-state index in [9.17, 15) is 0 Å². The third-order valence-electron chi connectivity index (χ3n) is 4.47. The van der Waals surface area contributed by atoms with E-state index in [1.165, 1.54) is 0 Å². The van der Waals surface area contributed by atoms with Gasteiger partial charge in [-0.2, -0.15) is 4.98 Å². The van der Waals surface area contributed by atoms with Crippen molar-refractivity contribution in [2.45, 2.75) is 26.7 Å². The maximum Gasteiger partial charge on any atom is 0.227 e. The van der Waals surface area contributed by atoms with Gasteiger partial charge < -0.3 is 14.7 Å². The third-order valence-corrected chi connectivity index (χ3v) is 4.47. The molecule has 1 fully saturated rings. The Morgan fingerprint density at radius 1 is 0.880 bits per heavy atom. The molecular weight excluding hydrogens is 312 g/mol. The number of hydrogen-bond donors (Lipinski definition) is 0. The maximum absolute atomic E-state index is 4.84. The molecule has 0 aromatic carbocycles. The number of rotatable bonds is 7. The molecule has 0 saturated carbocycles. The molecule has 6 nitrogen and oxygen atoms in total. The first-order chi connectivity index (χ1) is 12.3. The van der Waals surface area contributed by atoms with E-state index in [1.54, 1.807) is 0 Å². The molecule has 25 heavy (non-hydrogen) atoms. The van der Waals surface area contributed by atoms with Gasteiger partial charge >= 0.3 is 0 Å². The molecule has 0 unspecified atom stereocenters. The van der Waals surface area contributed by atoms with Crippen LogP contribution in [0.15, 0.2) is 36.7 Å². The summed E-state index contributed by atoms with van der Waals surface area (Å²) in [6, 6.07) is 8.09. The second kappa shape index (κ2) is 8.65. The van der Waals surface area contributed by atoms with E-state index < -0.39 is 0 Å². The molecule has 0 N–H and O–H groups in total. The molecular formula is C19H28N6. The number of aromatic nitrogens is 3. The minimum Gasteiger partial charge on any atom is -0.356 e. The molecule has 2 aromatic rings. The van der Waals surface area contributed by atoms with Gasteiger partial charge in [0.15, 0.2) is 0 Å². The van der Waals surface area contributed by atoms with Crippen molar-refractivity contribution in [1.29, 1.82) is 0 Å². The van der Waals surface area contributed by atoms with E-state index in [-0.39, 0.29) is 0 Å². The van der Waals surface area contributed by atoms with Crippen LogP contribution in [-0.2, 0) is 0 Å². The fourth-order valence-electron chi connectivity index (χ4n) is 3.22. The Hall–Kier alpha value is -2.37. The molecule has 134 valence electrons. The number of hydrogen-bond acceptors (Lipinski definition) is 6. The zero-order valence-corrected chi connectivity index (χ0v) is 15.3. The van der Waals surface area contributed by atoms with Gasteiger partial charge in [-0.25, -0.2) is 9.97 Å². The number of nitrogens with zero attached hydrogens (tertiary/aromatic N) is 6. The fraction of sp³-hybridized carbons (Fsp3) is 0.526. The molecule has 0 spiro atoms. The van der Waals surface area contributed by atoms with Crippen molar-refractivity contribution in [3.05, 3.63) is 36.7 Å². The van der Waals surface area contributed by atoms with Crippen LogP contribution in [0.5, 0.6) is 0 Å². The summed E-state index contributed by atoms with van der Waals surface area (Å²) >= 11 is 0. The predicted octanol–water partition coefficient (Wildman–Crippen LogP) is 2.82. The fourth-order valence-corrected chi connectivity index (χ4v) is 3.22. The summed E-state index contributed by atoms with van der Waals surface area (Å²) in [4.78, 5) is 20.8. The van der Waals surface area contributed by atoms with Crippen LogP contribution in [0.3, 0.4) is 0 Å². The van der Waals surface area contributed by atoms with Gasteiger partial charge in [0.25, 0.3) is 0 Å². The van der Waals surface area contributed by atoms with E-state index in [4.69, 9.17) is 4.98 Å². The molecule has 0 radical (unpaired) electrons. The maximum atomic E-state index is 4.84. The normalized spacial score (nSPS) is 14.6. The molecule has 1 aliphatic heterocycles. The van der Waals surface area contributed by atoms with Crippen LogP contribution in [0.4, 0.5) is 17.6 Å². The highest BCUT2D eigenvalue weighted by atomic mass is 15.3. The van der Waals surface area contributed by atoms with E-state index >= 15 is 0 Å². The quantitative estimate of drug-likeness (QED) is 0.772. The Labute approximate surface area is 150 Å². The Morgan fingerprint density at radius 3 is 2.24 bits per heavy atom.